The number of nitrogens with zero attached hydrogens (tertiary/aromatic N) is 1. The van der Waals surface area contributed by atoms with Crippen LogP contribution in [0.1, 0.15) is 38.8 Å². The van der Waals surface area contributed by atoms with E-state index >= 15 is 0 Å². The zero-order valence-electron chi connectivity index (χ0n) is 20.5. The third-order valence-corrected chi connectivity index (χ3v) is 5.51. The van der Waals surface area contributed by atoms with E-state index in [1.54, 1.807) is 19.1 Å². The molecule has 1 heterocycles. The van der Waals surface area contributed by atoms with Gasteiger partial charge in [0.25, 0.3) is 0 Å². The minimum Gasteiger partial charge on any atom is -0.493 e. The van der Waals surface area contributed by atoms with Crippen LogP contribution in [0.25, 0.3) is 0 Å². The molecule has 0 aliphatic carbocycles. The number of esters is 1. The molecule has 3 rings (SSSR count). The van der Waals surface area contributed by atoms with Crippen molar-refractivity contribution in [2.45, 2.75) is 19.8 Å². The number of carbonyl (C=O) groups excluding carboxylic acids is 2. The van der Waals surface area contributed by atoms with E-state index in [0.717, 1.165) is 12.1 Å². The number of benzene rings is 2. The predicted molar refractivity (Wildman–Crippen MR) is 125 cm³/mol. The van der Waals surface area contributed by atoms with Crippen LogP contribution in [0.5, 0.6) is 28.7 Å². The Morgan fingerprint density at radius 1 is 1.03 bits per heavy atom. The van der Waals surface area contributed by atoms with Gasteiger partial charge < -0.3 is 33.3 Å². The Kier molecular flexibility index (Phi) is 8.22. The van der Waals surface area contributed by atoms with Crippen molar-refractivity contribution in [2.75, 3.05) is 55.4 Å². The van der Waals surface area contributed by atoms with E-state index in [9.17, 15) is 9.59 Å². The summed E-state index contributed by atoms with van der Waals surface area (Å²) < 4.78 is 32.8. The van der Waals surface area contributed by atoms with Gasteiger partial charge in [0.2, 0.25) is 12.5 Å². The summed E-state index contributed by atoms with van der Waals surface area (Å²) in [7, 11) is 8.36. The monoisotopic (exact) mass is 473 g/mol. The van der Waals surface area contributed by atoms with E-state index in [1.165, 1.54) is 21.3 Å². The third kappa shape index (κ3) is 5.04. The lowest BCUT2D eigenvalue weighted by molar-refractivity contribution is 0.0518. The smallest absolute Gasteiger partial charge is 0.342 e. The molecule has 0 amide bonds. The van der Waals surface area contributed by atoms with E-state index in [1.807, 2.05) is 20.2 Å². The highest BCUT2D eigenvalue weighted by Crippen LogP contribution is 2.46. The molecule has 9 nitrogen and oxygen atoms in total. The largest absolute Gasteiger partial charge is 0.493 e. The number of likely N-dealkylation sites (N-methyl/N-ethyl adjacent to an activating group) is 1. The molecule has 0 atom stereocenters. The third-order valence-electron chi connectivity index (χ3n) is 5.51. The SMILES string of the molecule is CCOC(=O)c1c(C(=O)Cc2c(CCN(C)C)cc3c(c2OC)OCO3)ccc(OC)c1OC. The molecule has 0 unspecified atom stereocenters. The molecule has 2 aromatic rings. The summed E-state index contributed by atoms with van der Waals surface area (Å²) in [4.78, 5) is 28.5. The molecule has 34 heavy (non-hydrogen) atoms. The van der Waals surface area contributed by atoms with E-state index in [2.05, 4.69) is 4.90 Å². The second kappa shape index (κ2) is 11.1. The maximum Gasteiger partial charge on any atom is 0.342 e. The molecule has 0 N–H and O–H groups in total. The van der Waals surface area contributed by atoms with E-state index < -0.39 is 5.97 Å². The molecule has 0 saturated heterocycles. The average molecular weight is 474 g/mol. The molecule has 184 valence electrons. The number of fused-ring (bicyclic) bond motifs is 1. The van der Waals surface area contributed by atoms with Gasteiger partial charge in [-0.15, -0.1) is 0 Å². The van der Waals surface area contributed by atoms with Crippen molar-refractivity contribution in [1.29, 1.82) is 0 Å². The van der Waals surface area contributed by atoms with Gasteiger partial charge in [-0.25, -0.2) is 4.79 Å². The topological polar surface area (TPSA) is 92.8 Å². The highest BCUT2D eigenvalue weighted by Gasteiger charge is 2.30. The van der Waals surface area contributed by atoms with Gasteiger partial charge in [0.15, 0.2) is 28.8 Å². The normalized spacial score (nSPS) is 12.0. The van der Waals surface area contributed by atoms with Gasteiger partial charge in [-0.3, -0.25) is 4.79 Å². The molecular weight excluding hydrogens is 442 g/mol. The summed E-state index contributed by atoms with van der Waals surface area (Å²) in [5, 5.41) is 0. The number of rotatable bonds is 11. The van der Waals surface area contributed by atoms with Gasteiger partial charge in [-0.1, -0.05) is 0 Å². The number of hydrogen-bond donors (Lipinski definition) is 0. The van der Waals surface area contributed by atoms with Gasteiger partial charge in [-0.05, 0) is 51.2 Å². The fraction of sp³-hybridized carbons (Fsp3) is 0.440. The van der Waals surface area contributed by atoms with Gasteiger partial charge in [0, 0.05) is 24.1 Å². The Hall–Kier alpha value is -3.46. The van der Waals surface area contributed by atoms with Crippen LogP contribution in [-0.4, -0.2) is 72.0 Å². The molecule has 0 radical (unpaired) electrons. The molecule has 0 spiro atoms. The molecule has 9 heteroatoms. The summed E-state index contributed by atoms with van der Waals surface area (Å²) in [6, 6.07) is 5.03. The Morgan fingerprint density at radius 3 is 2.38 bits per heavy atom. The molecular formula is C25H31NO8. The van der Waals surface area contributed by atoms with Gasteiger partial charge in [0.1, 0.15) is 5.56 Å². The average Bonchev–Trinajstić information content (AvgIpc) is 3.29. The van der Waals surface area contributed by atoms with Crippen molar-refractivity contribution in [3.8, 4) is 28.7 Å². The van der Waals surface area contributed by atoms with Crippen LogP contribution in [0.4, 0.5) is 0 Å². The zero-order valence-corrected chi connectivity index (χ0v) is 20.5. The highest BCUT2D eigenvalue weighted by molar-refractivity contribution is 6.09. The zero-order chi connectivity index (χ0) is 24.8. The number of ether oxygens (including phenoxy) is 6. The summed E-state index contributed by atoms with van der Waals surface area (Å²) in [6.45, 7) is 2.69. The minimum absolute atomic E-state index is 0.0233. The summed E-state index contributed by atoms with van der Waals surface area (Å²) in [6.07, 6.45) is 0.643. The van der Waals surface area contributed by atoms with E-state index in [0.29, 0.717) is 35.0 Å². The van der Waals surface area contributed by atoms with Gasteiger partial charge in [0.05, 0.1) is 27.9 Å². The fourth-order valence-corrected chi connectivity index (χ4v) is 3.90. The first-order chi connectivity index (χ1) is 16.4. The molecule has 1 aliphatic heterocycles. The summed E-state index contributed by atoms with van der Waals surface area (Å²) in [5.74, 6) is 1.03. The Bertz CT molecular complexity index is 1060. The summed E-state index contributed by atoms with van der Waals surface area (Å²) in [5.41, 5.74) is 1.79. The van der Waals surface area contributed by atoms with Gasteiger partial charge >= 0.3 is 5.97 Å². The Labute approximate surface area is 199 Å². The van der Waals surface area contributed by atoms with Crippen molar-refractivity contribution in [3.05, 3.63) is 40.5 Å². The standard InChI is InChI=1S/C25H31NO8/c1-7-32-25(28)21-16(8-9-19(29-4)23(21)31-6)18(27)13-17-15(10-11-26(2)3)12-20-24(22(17)30-5)34-14-33-20/h8-9,12H,7,10-11,13-14H2,1-6H3. The first-order valence-electron chi connectivity index (χ1n) is 10.9. The molecule has 0 saturated carbocycles. The van der Waals surface area contributed by atoms with Crippen molar-refractivity contribution >= 4 is 11.8 Å². The number of methoxy groups -OCH3 is 3. The number of Topliss-reactive ketones (excluding diaryl/α,β-unsaturated/α-hetero) is 1. The van der Waals surface area contributed by atoms with Crippen LogP contribution in [0.2, 0.25) is 0 Å². The Morgan fingerprint density at radius 2 is 1.76 bits per heavy atom. The quantitative estimate of drug-likeness (QED) is 0.360. The predicted octanol–water partition coefficient (Wildman–Crippen LogP) is 3.15. The van der Waals surface area contributed by atoms with Crippen LogP contribution in [0.3, 0.4) is 0 Å². The van der Waals surface area contributed by atoms with Crippen LogP contribution >= 0.6 is 0 Å². The highest BCUT2D eigenvalue weighted by atomic mass is 16.7. The van der Waals surface area contributed by atoms with Crippen molar-refractivity contribution < 1.29 is 38.0 Å². The summed E-state index contributed by atoms with van der Waals surface area (Å²) >= 11 is 0. The second-order valence-electron chi connectivity index (χ2n) is 7.88. The van der Waals surface area contributed by atoms with Crippen LogP contribution in [-0.2, 0) is 17.6 Å². The maximum atomic E-state index is 13.6. The second-order valence-corrected chi connectivity index (χ2v) is 7.88. The Balaban J connectivity index is 2.10. The lowest BCUT2D eigenvalue weighted by atomic mass is 9.92. The van der Waals surface area contributed by atoms with Crippen molar-refractivity contribution in [2.24, 2.45) is 0 Å². The van der Waals surface area contributed by atoms with Crippen LogP contribution in [0, 0.1) is 0 Å². The lowest BCUT2D eigenvalue weighted by Crippen LogP contribution is -2.18. The molecule has 0 fully saturated rings. The fourth-order valence-electron chi connectivity index (χ4n) is 3.90. The number of ketones is 1. The van der Waals surface area contributed by atoms with Crippen LogP contribution in [0.15, 0.2) is 18.2 Å². The number of hydrogen-bond acceptors (Lipinski definition) is 9. The van der Waals surface area contributed by atoms with E-state index in [4.69, 9.17) is 28.4 Å². The molecule has 2 aromatic carbocycles. The minimum atomic E-state index is -0.660. The van der Waals surface area contributed by atoms with E-state index in [-0.39, 0.29) is 42.5 Å². The first kappa shape index (κ1) is 25.2. The molecule has 0 aromatic heterocycles. The molecule has 0 bridgehead atoms. The number of carbonyl (C=O) groups is 2. The first-order valence-corrected chi connectivity index (χ1v) is 10.9. The molecule has 1 aliphatic rings. The van der Waals surface area contributed by atoms with Crippen LogP contribution < -0.4 is 23.7 Å². The van der Waals surface area contributed by atoms with Crippen molar-refractivity contribution in [1.82, 2.24) is 4.90 Å². The van der Waals surface area contributed by atoms with Crippen molar-refractivity contribution in [3.63, 3.8) is 0 Å². The lowest BCUT2D eigenvalue weighted by Gasteiger charge is -2.19. The van der Waals surface area contributed by atoms with Gasteiger partial charge in [-0.2, -0.15) is 0 Å². The maximum absolute atomic E-state index is 13.6.